The number of methoxy groups -OCH3 is 1. The average molecular weight is 287 g/mol. The molecule has 7 heteroatoms. The number of halogens is 1. The van der Waals surface area contributed by atoms with Crippen molar-refractivity contribution in [3.63, 3.8) is 0 Å². The van der Waals surface area contributed by atoms with E-state index in [0.717, 1.165) is 6.07 Å². The molecule has 0 amide bonds. The van der Waals surface area contributed by atoms with Crippen LogP contribution in [0.25, 0.3) is 0 Å². The second-order valence-corrected chi connectivity index (χ2v) is 6.38. The van der Waals surface area contributed by atoms with Gasteiger partial charge in [-0.2, -0.15) is 0 Å². The number of fused-ring (bicyclic) bond motifs is 1. The summed E-state index contributed by atoms with van der Waals surface area (Å²) < 4.78 is 41.5. The highest BCUT2D eigenvalue weighted by molar-refractivity contribution is 7.91. The number of nitrogens with one attached hydrogen (secondary N) is 1. The van der Waals surface area contributed by atoms with Gasteiger partial charge in [-0.25, -0.2) is 12.8 Å². The van der Waals surface area contributed by atoms with Crippen LogP contribution < -0.4 is 5.32 Å². The third-order valence-electron chi connectivity index (χ3n) is 3.08. The van der Waals surface area contributed by atoms with Crippen molar-refractivity contribution in [3.05, 3.63) is 29.6 Å². The van der Waals surface area contributed by atoms with Crippen LogP contribution in [-0.2, 0) is 19.4 Å². The van der Waals surface area contributed by atoms with Crippen molar-refractivity contribution in [2.45, 2.75) is 17.4 Å². The molecule has 0 aliphatic carbocycles. The maximum absolute atomic E-state index is 13.3. The maximum Gasteiger partial charge on any atom is 0.319 e. The molecule has 0 aromatic heterocycles. The van der Waals surface area contributed by atoms with E-state index in [9.17, 15) is 17.6 Å². The Balaban J connectivity index is 2.30. The first-order chi connectivity index (χ1) is 8.94. The molecular formula is C12H14FNO4S. The molecule has 104 valence electrons. The molecule has 0 radical (unpaired) electrons. The monoisotopic (exact) mass is 287 g/mol. The highest BCUT2D eigenvalue weighted by atomic mass is 32.2. The van der Waals surface area contributed by atoms with Crippen LogP contribution in [0.2, 0.25) is 0 Å². The van der Waals surface area contributed by atoms with Crippen LogP contribution in [-0.4, -0.2) is 33.8 Å². The molecule has 5 nitrogen and oxygen atoms in total. The number of carbonyl (C=O) groups is 1. The lowest BCUT2D eigenvalue weighted by atomic mass is 10.0. The highest BCUT2D eigenvalue weighted by Gasteiger charge is 2.30. The van der Waals surface area contributed by atoms with E-state index in [1.807, 2.05) is 0 Å². The fourth-order valence-corrected chi connectivity index (χ4v) is 3.71. The topological polar surface area (TPSA) is 72.5 Å². The van der Waals surface area contributed by atoms with E-state index in [-0.39, 0.29) is 23.2 Å². The Kier molecular flexibility index (Phi) is 3.86. The highest BCUT2D eigenvalue weighted by Crippen LogP contribution is 2.32. The van der Waals surface area contributed by atoms with E-state index in [1.165, 1.54) is 19.2 Å². The van der Waals surface area contributed by atoms with Crippen molar-refractivity contribution >= 4 is 15.8 Å². The Labute approximate surface area is 110 Å². The van der Waals surface area contributed by atoms with Crippen molar-refractivity contribution in [2.24, 2.45) is 0 Å². The van der Waals surface area contributed by atoms with Gasteiger partial charge in [-0.05, 0) is 30.2 Å². The van der Waals surface area contributed by atoms with E-state index < -0.39 is 21.6 Å². The smallest absolute Gasteiger partial charge is 0.319 e. The van der Waals surface area contributed by atoms with Crippen LogP contribution >= 0.6 is 0 Å². The lowest BCUT2D eigenvalue weighted by Gasteiger charge is -2.26. The van der Waals surface area contributed by atoms with Crippen LogP contribution in [0.3, 0.4) is 0 Å². The molecule has 19 heavy (non-hydrogen) atoms. The summed E-state index contributed by atoms with van der Waals surface area (Å²) in [6.45, 7) is -0.0445. The van der Waals surface area contributed by atoms with E-state index in [1.54, 1.807) is 0 Å². The fourth-order valence-electron chi connectivity index (χ4n) is 2.10. The lowest BCUT2D eigenvalue weighted by Crippen LogP contribution is -2.33. The minimum atomic E-state index is -3.36. The largest absolute Gasteiger partial charge is 0.468 e. The van der Waals surface area contributed by atoms with E-state index in [2.05, 4.69) is 10.1 Å². The molecule has 0 saturated heterocycles. The molecule has 1 aliphatic rings. The van der Waals surface area contributed by atoms with Crippen LogP contribution in [0, 0.1) is 5.82 Å². The van der Waals surface area contributed by atoms with Gasteiger partial charge in [0.1, 0.15) is 5.82 Å². The summed E-state index contributed by atoms with van der Waals surface area (Å²) in [7, 11) is -2.09. The number of esters is 1. The molecule has 0 spiro atoms. The Morgan fingerprint density at radius 3 is 2.95 bits per heavy atom. The van der Waals surface area contributed by atoms with Crippen LogP contribution in [0.4, 0.5) is 4.39 Å². The standard InChI is InChI=1S/C12H14FNO4S/c1-18-12(15)7-14-10-4-5-19(16,17)11-3-2-8(13)6-9(10)11/h2-3,6,10,14H,4-5,7H2,1H3. The minimum absolute atomic E-state index is 0.0233. The molecule has 1 N–H and O–H groups in total. The summed E-state index contributed by atoms with van der Waals surface area (Å²) in [5.74, 6) is -0.975. The third kappa shape index (κ3) is 2.93. The third-order valence-corrected chi connectivity index (χ3v) is 4.89. The van der Waals surface area contributed by atoms with E-state index >= 15 is 0 Å². The van der Waals surface area contributed by atoms with Gasteiger partial charge >= 0.3 is 5.97 Å². The fraction of sp³-hybridized carbons (Fsp3) is 0.417. The SMILES string of the molecule is COC(=O)CNC1CCS(=O)(=O)c2ccc(F)cc21. The van der Waals surface area contributed by atoms with Crippen molar-refractivity contribution in [1.29, 1.82) is 0 Å². The quantitative estimate of drug-likeness (QED) is 0.658. The molecule has 0 fully saturated rings. The molecule has 0 saturated carbocycles. The van der Waals surface area contributed by atoms with Crippen molar-refractivity contribution in [3.8, 4) is 0 Å². The number of carbonyl (C=O) groups excluding carboxylic acids is 1. The molecule has 2 rings (SSSR count). The van der Waals surface area contributed by atoms with Gasteiger partial charge in [-0.3, -0.25) is 10.1 Å². The summed E-state index contributed by atoms with van der Waals surface area (Å²) >= 11 is 0. The average Bonchev–Trinajstić information content (AvgIpc) is 2.37. The molecule has 1 unspecified atom stereocenters. The zero-order valence-electron chi connectivity index (χ0n) is 10.3. The van der Waals surface area contributed by atoms with Gasteiger partial charge in [0, 0.05) is 6.04 Å². The molecule has 1 heterocycles. The number of sulfone groups is 1. The minimum Gasteiger partial charge on any atom is -0.468 e. The van der Waals surface area contributed by atoms with Gasteiger partial charge in [-0.15, -0.1) is 0 Å². The molecule has 1 aromatic carbocycles. The molecular weight excluding hydrogens is 273 g/mol. The van der Waals surface area contributed by atoms with Gasteiger partial charge in [0.25, 0.3) is 0 Å². The Morgan fingerprint density at radius 2 is 2.26 bits per heavy atom. The summed E-state index contributed by atoms with van der Waals surface area (Å²) in [5.41, 5.74) is 0.371. The first kappa shape index (κ1) is 14.0. The van der Waals surface area contributed by atoms with Gasteiger partial charge in [0.15, 0.2) is 9.84 Å². The Bertz CT molecular complexity index is 600. The molecule has 1 atom stereocenters. The predicted molar refractivity (Wildman–Crippen MR) is 65.8 cm³/mol. The van der Waals surface area contributed by atoms with Crippen LogP contribution in [0.5, 0.6) is 0 Å². The first-order valence-electron chi connectivity index (χ1n) is 5.76. The van der Waals surface area contributed by atoms with E-state index in [4.69, 9.17) is 0 Å². The Hall–Kier alpha value is -1.47. The summed E-state index contributed by atoms with van der Waals surface area (Å²) in [6, 6.07) is 3.22. The number of ether oxygens (including phenoxy) is 1. The Morgan fingerprint density at radius 1 is 1.53 bits per heavy atom. The van der Waals surface area contributed by atoms with Crippen molar-refractivity contribution < 1.29 is 22.3 Å². The van der Waals surface area contributed by atoms with Crippen molar-refractivity contribution in [2.75, 3.05) is 19.4 Å². The van der Waals surface area contributed by atoms with Crippen LogP contribution in [0.15, 0.2) is 23.1 Å². The summed E-state index contributed by atoms with van der Waals surface area (Å²) in [4.78, 5) is 11.2. The summed E-state index contributed by atoms with van der Waals surface area (Å²) in [6.07, 6.45) is 0.301. The zero-order valence-corrected chi connectivity index (χ0v) is 11.2. The lowest BCUT2D eigenvalue weighted by molar-refractivity contribution is -0.139. The number of rotatable bonds is 3. The second-order valence-electron chi connectivity index (χ2n) is 4.30. The predicted octanol–water partition coefficient (Wildman–Crippen LogP) is 0.807. The van der Waals surface area contributed by atoms with Gasteiger partial charge in [0.05, 0.1) is 24.3 Å². The van der Waals surface area contributed by atoms with Crippen LogP contribution in [0.1, 0.15) is 18.0 Å². The number of benzene rings is 1. The number of hydrogen-bond donors (Lipinski definition) is 1. The normalized spacial score (nSPS) is 20.6. The van der Waals surface area contributed by atoms with E-state index in [0.29, 0.717) is 12.0 Å². The zero-order chi connectivity index (χ0) is 14.0. The van der Waals surface area contributed by atoms with Crippen molar-refractivity contribution in [1.82, 2.24) is 5.32 Å². The second kappa shape index (κ2) is 5.26. The molecule has 1 aliphatic heterocycles. The summed E-state index contributed by atoms with van der Waals surface area (Å²) in [5, 5.41) is 2.89. The first-order valence-corrected chi connectivity index (χ1v) is 7.41. The maximum atomic E-state index is 13.3. The molecule has 1 aromatic rings. The number of hydrogen-bond acceptors (Lipinski definition) is 5. The van der Waals surface area contributed by atoms with Gasteiger partial charge < -0.3 is 4.74 Å². The van der Waals surface area contributed by atoms with Gasteiger partial charge in [-0.1, -0.05) is 0 Å². The molecule has 0 bridgehead atoms. The van der Waals surface area contributed by atoms with Gasteiger partial charge in [0.2, 0.25) is 0 Å².